The van der Waals surface area contributed by atoms with Crippen LogP contribution in [0.15, 0.2) is 48.8 Å². The van der Waals surface area contributed by atoms with Crippen molar-refractivity contribution in [1.82, 2.24) is 14.9 Å². The van der Waals surface area contributed by atoms with Gasteiger partial charge >= 0.3 is 5.69 Å². The molecule has 1 aromatic heterocycles. The molecular formula is C25H30N6O5. The van der Waals surface area contributed by atoms with Crippen molar-refractivity contribution in [3.8, 4) is 17.2 Å². The van der Waals surface area contributed by atoms with E-state index in [2.05, 4.69) is 32.3 Å². The van der Waals surface area contributed by atoms with Crippen LogP contribution in [0.4, 0.5) is 17.3 Å². The number of nitrogens with zero attached hydrogens (tertiary/aromatic N) is 5. The van der Waals surface area contributed by atoms with Crippen LogP contribution in [0.3, 0.4) is 0 Å². The molecule has 1 N–H and O–H groups in total. The summed E-state index contributed by atoms with van der Waals surface area (Å²) >= 11 is 0. The van der Waals surface area contributed by atoms with Gasteiger partial charge in [-0.05, 0) is 23.3 Å². The second kappa shape index (κ2) is 11.5. The van der Waals surface area contributed by atoms with Crippen molar-refractivity contribution in [3.63, 3.8) is 0 Å². The van der Waals surface area contributed by atoms with E-state index >= 15 is 0 Å². The first kappa shape index (κ1) is 25.0. The van der Waals surface area contributed by atoms with E-state index in [1.807, 2.05) is 23.1 Å². The maximum Gasteiger partial charge on any atom is 0.353 e. The molecule has 2 heterocycles. The van der Waals surface area contributed by atoms with Crippen molar-refractivity contribution in [3.05, 3.63) is 70.0 Å². The molecule has 1 aliphatic heterocycles. The summed E-state index contributed by atoms with van der Waals surface area (Å²) in [5, 5.41) is 15.2. The first-order valence-corrected chi connectivity index (χ1v) is 11.6. The average Bonchev–Trinajstić information content (AvgIpc) is 2.91. The van der Waals surface area contributed by atoms with E-state index in [9.17, 15) is 10.1 Å². The minimum atomic E-state index is -0.427. The third kappa shape index (κ3) is 5.57. The monoisotopic (exact) mass is 494 g/mol. The van der Waals surface area contributed by atoms with Gasteiger partial charge in [-0.15, -0.1) is 0 Å². The zero-order valence-electron chi connectivity index (χ0n) is 20.6. The second-order valence-electron chi connectivity index (χ2n) is 8.29. The van der Waals surface area contributed by atoms with Crippen LogP contribution in [0, 0.1) is 10.1 Å². The average molecular weight is 495 g/mol. The van der Waals surface area contributed by atoms with E-state index in [4.69, 9.17) is 14.2 Å². The number of methoxy groups -OCH3 is 3. The van der Waals surface area contributed by atoms with Crippen LogP contribution in [0.1, 0.15) is 11.1 Å². The quantitative estimate of drug-likeness (QED) is 0.332. The molecule has 2 aromatic carbocycles. The second-order valence-corrected chi connectivity index (χ2v) is 8.29. The van der Waals surface area contributed by atoms with E-state index in [1.54, 1.807) is 12.1 Å². The highest BCUT2D eigenvalue weighted by Gasteiger charge is 2.29. The van der Waals surface area contributed by atoms with Crippen molar-refractivity contribution >= 4 is 17.3 Å². The first-order chi connectivity index (χ1) is 17.5. The first-order valence-electron chi connectivity index (χ1n) is 11.6. The predicted octanol–water partition coefficient (Wildman–Crippen LogP) is 3.34. The van der Waals surface area contributed by atoms with Gasteiger partial charge in [-0.3, -0.25) is 15.0 Å². The lowest BCUT2D eigenvalue weighted by molar-refractivity contribution is -0.383. The van der Waals surface area contributed by atoms with Gasteiger partial charge in [-0.1, -0.05) is 30.3 Å². The number of benzene rings is 2. The molecule has 0 unspecified atom stereocenters. The molecule has 0 atom stereocenters. The molecule has 1 aliphatic rings. The van der Waals surface area contributed by atoms with Crippen LogP contribution in [0.2, 0.25) is 0 Å². The van der Waals surface area contributed by atoms with Crippen LogP contribution < -0.4 is 24.4 Å². The van der Waals surface area contributed by atoms with Gasteiger partial charge in [0, 0.05) is 39.3 Å². The lowest BCUT2D eigenvalue weighted by Crippen LogP contribution is -2.46. The fourth-order valence-electron chi connectivity index (χ4n) is 4.28. The number of nitrogens with one attached hydrogen (secondary N) is 1. The fraction of sp³-hybridized carbons (Fsp3) is 0.360. The highest BCUT2D eigenvalue weighted by atomic mass is 16.6. The SMILES string of the molecule is COc1cc(CNc2ncnc(N3CCN(Cc4ccccc4)CC3)c2[N+](=O)[O-])cc(OC)c1OC. The zero-order chi connectivity index (χ0) is 25.5. The molecule has 3 aromatic rings. The van der Waals surface area contributed by atoms with E-state index in [0.29, 0.717) is 36.2 Å². The summed E-state index contributed by atoms with van der Waals surface area (Å²) in [6.45, 7) is 3.95. The molecule has 11 nitrogen and oxygen atoms in total. The Balaban J connectivity index is 1.49. The van der Waals surface area contributed by atoms with Gasteiger partial charge in [-0.2, -0.15) is 0 Å². The molecule has 0 bridgehead atoms. The minimum absolute atomic E-state index is 0.138. The zero-order valence-corrected chi connectivity index (χ0v) is 20.6. The van der Waals surface area contributed by atoms with Gasteiger partial charge in [0.25, 0.3) is 0 Å². The molecule has 0 saturated carbocycles. The van der Waals surface area contributed by atoms with Gasteiger partial charge < -0.3 is 24.4 Å². The van der Waals surface area contributed by atoms with Gasteiger partial charge in [0.05, 0.1) is 26.3 Å². The molecule has 190 valence electrons. The smallest absolute Gasteiger partial charge is 0.353 e. The number of ether oxygens (including phenoxy) is 3. The van der Waals surface area contributed by atoms with Crippen molar-refractivity contribution in [2.45, 2.75) is 13.1 Å². The summed E-state index contributed by atoms with van der Waals surface area (Å²) in [5.74, 6) is 1.96. The Morgan fingerprint density at radius 3 is 2.19 bits per heavy atom. The Hall–Kier alpha value is -4.12. The molecule has 0 aliphatic carbocycles. The standard InChI is InChI=1S/C25H30N6O5/c1-34-20-13-19(14-21(35-2)23(20)36-3)15-26-24-22(31(32)33)25(28-17-27-24)30-11-9-29(10-12-30)16-18-7-5-4-6-8-18/h4-8,13-14,17H,9-12,15-16H2,1-3H3,(H,26,27,28). The molecule has 11 heteroatoms. The van der Waals surface area contributed by atoms with Gasteiger partial charge in [0.1, 0.15) is 6.33 Å². The molecule has 1 saturated heterocycles. The van der Waals surface area contributed by atoms with Crippen LogP contribution in [-0.2, 0) is 13.1 Å². The summed E-state index contributed by atoms with van der Waals surface area (Å²) in [6.07, 6.45) is 1.36. The number of rotatable bonds is 10. The maximum atomic E-state index is 12.1. The number of hydrogen-bond acceptors (Lipinski definition) is 10. The Morgan fingerprint density at radius 1 is 0.944 bits per heavy atom. The lowest BCUT2D eigenvalue weighted by Gasteiger charge is -2.35. The molecule has 36 heavy (non-hydrogen) atoms. The third-order valence-electron chi connectivity index (χ3n) is 6.09. The number of piperazine rings is 1. The number of aromatic nitrogens is 2. The molecule has 4 rings (SSSR count). The highest BCUT2D eigenvalue weighted by Crippen LogP contribution is 2.39. The highest BCUT2D eigenvalue weighted by molar-refractivity contribution is 5.70. The summed E-state index contributed by atoms with van der Waals surface area (Å²) in [5.41, 5.74) is 1.90. The number of anilines is 2. The van der Waals surface area contributed by atoms with E-state index in [1.165, 1.54) is 33.2 Å². The summed E-state index contributed by atoms with van der Waals surface area (Å²) in [7, 11) is 4.61. The molecule has 0 radical (unpaired) electrons. The lowest BCUT2D eigenvalue weighted by atomic mass is 10.1. The molecule has 0 amide bonds. The third-order valence-corrected chi connectivity index (χ3v) is 6.09. The Labute approximate surface area is 209 Å². The van der Waals surface area contributed by atoms with Crippen molar-refractivity contribution in [2.24, 2.45) is 0 Å². The van der Waals surface area contributed by atoms with Gasteiger partial charge in [-0.25, -0.2) is 9.97 Å². The normalized spacial score (nSPS) is 13.8. The molecular weight excluding hydrogens is 464 g/mol. The van der Waals surface area contributed by atoms with E-state index < -0.39 is 4.92 Å². The topological polar surface area (TPSA) is 115 Å². The summed E-state index contributed by atoms with van der Waals surface area (Å²) in [4.78, 5) is 24.4. The summed E-state index contributed by atoms with van der Waals surface area (Å²) < 4.78 is 16.2. The number of nitro groups is 1. The van der Waals surface area contributed by atoms with E-state index in [0.717, 1.165) is 25.2 Å². The van der Waals surface area contributed by atoms with Crippen molar-refractivity contribution in [2.75, 3.05) is 57.7 Å². The van der Waals surface area contributed by atoms with Crippen molar-refractivity contribution < 1.29 is 19.1 Å². The van der Waals surface area contributed by atoms with Gasteiger partial charge in [0.2, 0.25) is 17.4 Å². The van der Waals surface area contributed by atoms with E-state index in [-0.39, 0.29) is 18.1 Å². The predicted molar refractivity (Wildman–Crippen MR) is 136 cm³/mol. The Morgan fingerprint density at radius 2 is 1.61 bits per heavy atom. The largest absolute Gasteiger partial charge is 0.493 e. The minimum Gasteiger partial charge on any atom is -0.493 e. The van der Waals surface area contributed by atoms with Crippen LogP contribution in [0.5, 0.6) is 17.2 Å². The van der Waals surface area contributed by atoms with Gasteiger partial charge in [0.15, 0.2) is 11.5 Å². The summed E-state index contributed by atoms with van der Waals surface area (Å²) in [6, 6.07) is 13.8. The Kier molecular flexibility index (Phi) is 8.01. The van der Waals surface area contributed by atoms with Crippen LogP contribution >= 0.6 is 0 Å². The van der Waals surface area contributed by atoms with Crippen LogP contribution in [-0.4, -0.2) is 67.3 Å². The maximum absolute atomic E-state index is 12.1. The van der Waals surface area contributed by atoms with Crippen molar-refractivity contribution in [1.29, 1.82) is 0 Å². The van der Waals surface area contributed by atoms with Crippen LogP contribution in [0.25, 0.3) is 0 Å². The molecule has 1 fully saturated rings. The number of hydrogen-bond donors (Lipinski definition) is 1. The fourth-order valence-corrected chi connectivity index (χ4v) is 4.28. The Bertz CT molecular complexity index is 1160. The molecule has 0 spiro atoms.